The van der Waals surface area contributed by atoms with Gasteiger partial charge in [-0.15, -0.1) is 0 Å². The van der Waals surface area contributed by atoms with Crippen LogP contribution in [0.5, 0.6) is 0 Å². The Kier molecular flexibility index (Phi) is 3.71. The second kappa shape index (κ2) is 5.44. The van der Waals surface area contributed by atoms with Crippen LogP contribution < -0.4 is 0 Å². The third kappa shape index (κ3) is 3.48. The van der Waals surface area contributed by atoms with E-state index in [1.165, 1.54) is 42.5 Å². The number of hydrogen-bond acceptors (Lipinski definition) is 1. The average molecular weight is 260 g/mol. The van der Waals surface area contributed by atoms with Gasteiger partial charge in [-0.1, -0.05) is 12.1 Å². The van der Waals surface area contributed by atoms with Crippen LogP contribution in [-0.4, -0.2) is 11.1 Å². The summed E-state index contributed by atoms with van der Waals surface area (Å²) in [5, 5.41) is 8.54. The molecule has 0 atom stereocenters. The molecule has 2 aromatic rings. The molecule has 0 aliphatic rings. The maximum absolute atomic E-state index is 13.5. The van der Waals surface area contributed by atoms with Crippen molar-refractivity contribution in [1.29, 1.82) is 0 Å². The average Bonchev–Trinajstić information content (AvgIpc) is 2.36. The minimum Gasteiger partial charge on any atom is -0.478 e. The molecular formula is C15H10F2O2. The van der Waals surface area contributed by atoms with Crippen LogP contribution in [0, 0.1) is 11.6 Å². The van der Waals surface area contributed by atoms with Gasteiger partial charge in [0.05, 0.1) is 0 Å². The van der Waals surface area contributed by atoms with E-state index in [9.17, 15) is 13.6 Å². The van der Waals surface area contributed by atoms with E-state index in [-0.39, 0.29) is 5.82 Å². The largest absolute Gasteiger partial charge is 0.478 e. The fraction of sp³-hybridized carbons (Fsp3) is 0. The Morgan fingerprint density at radius 3 is 2.26 bits per heavy atom. The number of hydrogen-bond donors (Lipinski definition) is 1. The van der Waals surface area contributed by atoms with Crippen molar-refractivity contribution in [3.63, 3.8) is 0 Å². The Bertz CT molecular complexity index is 631. The van der Waals surface area contributed by atoms with Crippen molar-refractivity contribution in [1.82, 2.24) is 0 Å². The van der Waals surface area contributed by atoms with E-state index in [1.54, 1.807) is 6.07 Å². The summed E-state index contributed by atoms with van der Waals surface area (Å²) >= 11 is 0. The first kappa shape index (κ1) is 13.0. The Morgan fingerprint density at radius 1 is 0.947 bits per heavy atom. The van der Waals surface area contributed by atoms with Gasteiger partial charge in [-0.25, -0.2) is 13.6 Å². The van der Waals surface area contributed by atoms with Crippen LogP contribution in [0.15, 0.2) is 48.5 Å². The SMILES string of the molecule is O=C(O)C=Cc1cc(F)cc(-c2ccc(F)cc2)c1. The Labute approximate surface area is 108 Å². The molecule has 0 bridgehead atoms. The highest BCUT2D eigenvalue weighted by molar-refractivity contribution is 5.85. The quantitative estimate of drug-likeness (QED) is 0.854. The van der Waals surface area contributed by atoms with Crippen LogP contribution >= 0.6 is 0 Å². The van der Waals surface area contributed by atoms with Gasteiger partial charge in [0, 0.05) is 6.08 Å². The number of benzene rings is 2. The van der Waals surface area contributed by atoms with E-state index in [4.69, 9.17) is 5.11 Å². The first-order valence-electron chi connectivity index (χ1n) is 5.52. The highest BCUT2D eigenvalue weighted by atomic mass is 19.1. The molecule has 0 aliphatic heterocycles. The van der Waals surface area contributed by atoms with Crippen LogP contribution in [0.25, 0.3) is 17.2 Å². The lowest BCUT2D eigenvalue weighted by molar-refractivity contribution is -0.131. The minimum absolute atomic E-state index is 0.369. The molecule has 0 fully saturated rings. The maximum Gasteiger partial charge on any atom is 0.328 e. The molecule has 0 radical (unpaired) electrons. The minimum atomic E-state index is -1.10. The van der Waals surface area contributed by atoms with Crippen LogP contribution in [-0.2, 0) is 4.79 Å². The van der Waals surface area contributed by atoms with Crippen molar-refractivity contribution < 1.29 is 18.7 Å². The summed E-state index contributed by atoms with van der Waals surface area (Å²) in [5.74, 6) is -1.95. The standard InChI is InChI=1S/C15H10F2O2/c16-13-4-2-11(3-5-13)12-7-10(1-6-15(18)19)8-14(17)9-12/h1-9H,(H,18,19). The smallest absolute Gasteiger partial charge is 0.328 e. The lowest BCUT2D eigenvalue weighted by Gasteiger charge is -2.04. The molecule has 19 heavy (non-hydrogen) atoms. The molecule has 0 aliphatic carbocycles. The first-order chi connectivity index (χ1) is 9.04. The molecule has 2 rings (SSSR count). The Hall–Kier alpha value is -2.49. The van der Waals surface area contributed by atoms with Crippen LogP contribution in [0.2, 0.25) is 0 Å². The normalized spacial score (nSPS) is 10.8. The predicted molar refractivity (Wildman–Crippen MR) is 68.5 cm³/mol. The molecule has 2 nitrogen and oxygen atoms in total. The molecule has 0 aromatic heterocycles. The molecule has 4 heteroatoms. The van der Waals surface area contributed by atoms with Crippen molar-refractivity contribution in [2.45, 2.75) is 0 Å². The third-order valence-corrected chi connectivity index (χ3v) is 2.52. The number of carbonyl (C=O) groups is 1. The van der Waals surface area contributed by atoms with Crippen LogP contribution in [0.1, 0.15) is 5.56 Å². The van der Waals surface area contributed by atoms with E-state index >= 15 is 0 Å². The summed E-state index contributed by atoms with van der Waals surface area (Å²) in [6.07, 6.45) is 2.24. The molecule has 2 aromatic carbocycles. The molecule has 0 saturated carbocycles. The monoisotopic (exact) mass is 260 g/mol. The summed E-state index contributed by atoms with van der Waals surface area (Å²) in [4.78, 5) is 10.4. The van der Waals surface area contributed by atoms with Gasteiger partial charge in [0.25, 0.3) is 0 Å². The predicted octanol–water partition coefficient (Wildman–Crippen LogP) is 3.73. The zero-order valence-electron chi connectivity index (χ0n) is 9.81. The number of carboxylic acids is 1. The van der Waals surface area contributed by atoms with Gasteiger partial charge in [0.1, 0.15) is 11.6 Å². The number of rotatable bonds is 3. The molecule has 0 amide bonds. The molecule has 0 heterocycles. The van der Waals surface area contributed by atoms with Gasteiger partial charge < -0.3 is 5.11 Å². The van der Waals surface area contributed by atoms with Crippen molar-refractivity contribution in [2.24, 2.45) is 0 Å². The van der Waals surface area contributed by atoms with Gasteiger partial charge in [-0.2, -0.15) is 0 Å². The molecule has 0 unspecified atom stereocenters. The van der Waals surface area contributed by atoms with Gasteiger partial charge in [-0.3, -0.25) is 0 Å². The third-order valence-electron chi connectivity index (χ3n) is 2.52. The maximum atomic E-state index is 13.5. The van der Waals surface area contributed by atoms with E-state index in [1.807, 2.05) is 0 Å². The zero-order valence-corrected chi connectivity index (χ0v) is 9.81. The molecule has 96 valence electrons. The summed E-state index contributed by atoms with van der Waals surface area (Å²) in [7, 11) is 0. The van der Waals surface area contributed by atoms with Gasteiger partial charge in [0.15, 0.2) is 0 Å². The molecular weight excluding hydrogens is 250 g/mol. The lowest BCUT2D eigenvalue weighted by Crippen LogP contribution is -1.87. The van der Waals surface area contributed by atoms with Gasteiger partial charge >= 0.3 is 5.97 Å². The number of carboxylic acid groups (broad SMARTS) is 1. The second-order valence-corrected chi connectivity index (χ2v) is 3.95. The van der Waals surface area contributed by atoms with E-state index in [0.29, 0.717) is 16.7 Å². The molecule has 1 N–H and O–H groups in total. The summed E-state index contributed by atoms with van der Waals surface area (Å²) in [6, 6.07) is 9.82. The Morgan fingerprint density at radius 2 is 1.63 bits per heavy atom. The summed E-state index contributed by atoms with van der Waals surface area (Å²) in [5.41, 5.74) is 1.65. The van der Waals surface area contributed by atoms with E-state index in [0.717, 1.165) is 6.08 Å². The fourth-order valence-electron chi connectivity index (χ4n) is 1.69. The van der Waals surface area contributed by atoms with E-state index in [2.05, 4.69) is 0 Å². The lowest BCUT2D eigenvalue weighted by atomic mass is 10.0. The topological polar surface area (TPSA) is 37.3 Å². The number of aliphatic carboxylic acids is 1. The highest BCUT2D eigenvalue weighted by Crippen LogP contribution is 2.23. The van der Waals surface area contributed by atoms with Crippen molar-refractivity contribution >= 4 is 12.0 Å². The summed E-state index contributed by atoms with van der Waals surface area (Å²) < 4.78 is 26.3. The fourth-order valence-corrected chi connectivity index (χ4v) is 1.69. The summed E-state index contributed by atoms with van der Waals surface area (Å²) in [6.45, 7) is 0. The highest BCUT2D eigenvalue weighted by Gasteiger charge is 2.02. The molecule has 0 saturated heterocycles. The van der Waals surface area contributed by atoms with Crippen molar-refractivity contribution in [3.8, 4) is 11.1 Å². The van der Waals surface area contributed by atoms with Crippen molar-refractivity contribution in [2.75, 3.05) is 0 Å². The zero-order chi connectivity index (χ0) is 13.8. The first-order valence-corrected chi connectivity index (χ1v) is 5.52. The van der Waals surface area contributed by atoms with Gasteiger partial charge in [-0.05, 0) is 53.1 Å². The number of halogens is 2. The van der Waals surface area contributed by atoms with Gasteiger partial charge in [0.2, 0.25) is 0 Å². The Balaban J connectivity index is 2.41. The van der Waals surface area contributed by atoms with Crippen LogP contribution in [0.4, 0.5) is 8.78 Å². The molecule has 0 spiro atoms. The second-order valence-electron chi connectivity index (χ2n) is 3.95. The van der Waals surface area contributed by atoms with Crippen molar-refractivity contribution in [3.05, 3.63) is 65.7 Å². The van der Waals surface area contributed by atoms with Crippen LogP contribution in [0.3, 0.4) is 0 Å². The van der Waals surface area contributed by atoms with E-state index < -0.39 is 11.8 Å².